The summed E-state index contributed by atoms with van der Waals surface area (Å²) in [4.78, 5) is 18.7. The van der Waals surface area contributed by atoms with Crippen LogP contribution in [0.3, 0.4) is 0 Å². The Hall–Kier alpha value is -2.76. The second-order valence-electron chi connectivity index (χ2n) is 6.01. The van der Waals surface area contributed by atoms with Crippen LogP contribution in [-0.4, -0.2) is 43.1 Å². The van der Waals surface area contributed by atoms with E-state index in [9.17, 15) is 4.79 Å². The molecule has 1 aliphatic heterocycles. The van der Waals surface area contributed by atoms with E-state index in [1.807, 2.05) is 23.1 Å². The van der Waals surface area contributed by atoms with Crippen molar-refractivity contribution < 1.29 is 14.3 Å². The lowest BCUT2D eigenvalue weighted by molar-refractivity contribution is 0.0724. The second-order valence-corrected chi connectivity index (χ2v) is 6.01. The molecule has 1 aromatic heterocycles. The molecule has 6 nitrogen and oxygen atoms in total. The highest BCUT2D eigenvalue weighted by atomic mass is 16.5. The maximum atomic E-state index is 12.6. The zero-order chi connectivity index (χ0) is 17.6. The first-order valence-corrected chi connectivity index (χ1v) is 8.44. The Morgan fingerprint density at radius 2 is 1.88 bits per heavy atom. The molecule has 0 saturated carbocycles. The number of nitrogens with one attached hydrogen (secondary N) is 1. The molecule has 0 unspecified atom stereocenters. The highest BCUT2D eigenvalue weighted by molar-refractivity contribution is 5.95. The van der Waals surface area contributed by atoms with Gasteiger partial charge >= 0.3 is 0 Å². The normalized spacial score (nSPS) is 14.1. The largest absolute Gasteiger partial charge is 0.497 e. The maximum Gasteiger partial charge on any atom is 0.255 e. The number of benzene rings is 1. The Bertz CT molecular complexity index is 742. The van der Waals surface area contributed by atoms with E-state index in [0.717, 1.165) is 43.1 Å². The summed E-state index contributed by atoms with van der Waals surface area (Å²) in [7, 11) is 3.22. The average molecular weight is 341 g/mol. The van der Waals surface area contributed by atoms with Gasteiger partial charge in [-0.2, -0.15) is 0 Å². The highest BCUT2D eigenvalue weighted by Gasteiger charge is 2.18. The molecule has 0 aliphatic carbocycles. The predicted octanol–water partition coefficient (Wildman–Crippen LogP) is 3.47. The Kier molecular flexibility index (Phi) is 5.38. The van der Waals surface area contributed by atoms with E-state index in [1.165, 1.54) is 6.42 Å². The smallest absolute Gasteiger partial charge is 0.255 e. The lowest BCUT2D eigenvalue weighted by Gasteiger charge is -2.26. The molecule has 132 valence electrons. The molecule has 0 bridgehead atoms. The Morgan fingerprint density at radius 3 is 2.60 bits per heavy atom. The molecule has 3 rings (SSSR count). The topological polar surface area (TPSA) is 63.7 Å². The molecular weight excluding hydrogens is 318 g/mol. The fraction of sp³-hybridized carbons (Fsp3) is 0.368. The number of pyridine rings is 1. The molecule has 0 spiro atoms. The van der Waals surface area contributed by atoms with Gasteiger partial charge in [0.15, 0.2) is 0 Å². The van der Waals surface area contributed by atoms with E-state index >= 15 is 0 Å². The predicted molar refractivity (Wildman–Crippen MR) is 96.8 cm³/mol. The number of aromatic nitrogens is 1. The van der Waals surface area contributed by atoms with E-state index in [-0.39, 0.29) is 5.91 Å². The number of carbonyl (C=O) groups is 1. The van der Waals surface area contributed by atoms with Crippen molar-refractivity contribution in [2.45, 2.75) is 19.3 Å². The van der Waals surface area contributed by atoms with Crippen LogP contribution in [0.15, 0.2) is 36.7 Å². The van der Waals surface area contributed by atoms with Gasteiger partial charge in [0.05, 0.1) is 37.4 Å². The number of piperidine rings is 1. The third-order valence-corrected chi connectivity index (χ3v) is 4.32. The number of anilines is 2. The van der Waals surface area contributed by atoms with Crippen LogP contribution in [0.5, 0.6) is 11.5 Å². The van der Waals surface area contributed by atoms with Crippen LogP contribution in [-0.2, 0) is 0 Å². The van der Waals surface area contributed by atoms with Gasteiger partial charge in [-0.1, -0.05) is 0 Å². The van der Waals surface area contributed by atoms with Crippen molar-refractivity contribution in [2.75, 3.05) is 32.6 Å². The summed E-state index contributed by atoms with van der Waals surface area (Å²) < 4.78 is 10.6. The van der Waals surface area contributed by atoms with Crippen LogP contribution in [0.1, 0.15) is 29.6 Å². The molecule has 1 fully saturated rings. The molecule has 1 aliphatic rings. The number of methoxy groups -OCH3 is 2. The Labute approximate surface area is 147 Å². The lowest BCUT2D eigenvalue weighted by atomic mass is 10.1. The first-order valence-electron chi connectivity index (χ1n) is 8.44. The van der Waals surface area contributed by atoms with Crippen LogP contribution in [0.25, 0.3) is 0 Å². The molecule has 2 heterocycles. The van der Waals surface area contributed by atoms with Gasteiger partial charge in [-0.15, -0.1) is 0 Å². The summed E-state index contributed by atoms with van der Waals surface area (Å²) in [6.07, 6.45) is 6.64. The molecule has 1 amide bonds. The third-order valence-electron chi connectivity index (χ3n) is 4.32. The van der Waals surface area contributed by atoms with Gasteiger partial charge < -0.3 is 19.7 Å². The summed E-state index contributed by atoms with van der Waals surface area (Å²) >= 11 is 0. The van der Waals surface area contributed by atoms with Crippen LogP contribution >= 0.6 is 0 Å². The zero-order valence-corrected chi connectivity index (χ0v) is 14.6. The van der Waals surface area contributed by atoms with E-state index in [2.05, 4.69) is 10.3 Å². The van der Waals surface area contributed by atoms with E-state index in [4.69, 9.17) is 9.47 Å². The maximum absolute atomic E-state index is 12.6. The fourth-order valence-corrected chi connectivity index (χ4v) is 2.96. The van der Waals surface area contributed by atoms with Crippen molar-refractivity contribution in [1.82, 2.24) is 9.88 Å². The number of likely N-dealkylation sites (tertiary alicyclic amines) is 1. The number of amides is 1. The average Bonchev–Trinajstić information content (AvgIpc) is 2.68. The monoisotopic (exact) mass is 341 g/mol. The summed E-state index contributed by atoms with van der Waals surface area (Å²) in [5.41, 5.74) is 2.12. The molecular formula is C19H23N3O3. The molecule has 1 aromatic carbocycles. The molecule has 0 radical (unpaired) electrons. The van der Waals surface area contributed by atoms with Crippen LogP contribution in [0.4, 0.5) is 11.4 Å². The summed E-state index contributed by atoms with van der Waals surface area (Å²) in [5, 5.41) is 3.26. The number of ether oxygens (including phenoxy) is 2. The number of rotatable bonds is 5. The minimum Gasteiger partial charge on any atom is -0.497 e. The summed E-state index contributed by atoms with van der Waals surface area (Å²) in [5.74, 6) is 1.42. The molecule has 1 saturated heterocycles. The van der Waals surface area contributed by atoms with Gasteiger partial charge in [-0.25, -0.2) is 0 Å². The first-order chi connectivity index (χ1) is 12.2. The molecule has 0 atom stereocenters. The van der Waals surface area contributed by atoms with Gasteiger partial charge in [-0.05, 0) is 37.5 Å². The number of hydrogen-bond acceptors (Lipinski definition) is 5. The molecule has 25 heavy (non-hydrogen) atoms. The van der Waals surface area contributed by atoms with Crippen LogP contribution in [0, 0.1) is 0 Å². The van der Waals surface area contributed by atoms with Crippen molar-refractivity contribution in [3.63, 3.8) is 0 Å². The van der Waals surface area contributed by atoms with Gasteiger partial charge in [0.25, 0.3) is 5.91 Å². The van der Waals surface area contributed by atoms with Gasteiger partial charge in [0, 0.05) is 25.4 Å². The van der Waals surface area contributed by atoms with Gasteiger partial charge in [-0.3, -0.25) is 9.78 Å². The fourth-order valence-electron chi connectivity index (χ4n) is 2.96. The van der Waals surface area contributed by atoms with Crippen LogP contribution < -0.4 is 14.8 Å². The lowest BCUT2D eigenvalue weighted by Crippen LogP contribution is -2.35. The Morgan fingerprint density at radius 1 is 1.08 bits per heavy atom. The van der Waals surface area contributed by atoms with E-state index < -0.39 is 0 Å². The van der Waals surface area contributed by atoms with Crippen molar-refractivity contribution in [1.29, 1.82) is 0 Å². The van der Waals surface area contributed by atoms with Crippen molar-refractivity contribution in [2.24, 2.45) is 0 Å². The standard InChI is InChI=1S/C19H23N3O3/c1-24-16-6-7-17(18(11-16)25-2)21-15-10-14(12-20-13-15)19(23)22-8-4-3-5-9-22/h6-7,10-13,21H,3-5,8-9H2,1-2H3. The number of hydrogen-bond donors (Lipinski definition) is 1. The number of nitrogens with zero attached hydrogens (tertiary/aromatic N) is 2. The number of carbonyl (C=O) groups excluding carboxylic acids is 1. The minimum absolute atomic E-state index is 0.0394. The first kappa shape index (κ1) is 17.1. The molecule has 6 heteroatoms. The highest BCUT2D eigenvalue weighted by Crippen LogP contribution is 2.31. The van der Waals surface area contributed by atoms with Crippen molar-refractivity contribution in [3.05, 3.63) is 42.2 Å². The quantitative estimate of drug-likeness (QED) is 0.902. The van der Waals surface area contributed by atoms with Crippen molar-refractivity contribution >= 4 is 17.3 Å². The molecule has 2 aromatic rings. The minimum atomic E-state index is 0.0394. The summed E-state index contributed by atoms with van der Waals surface area (Å²) in [6, 6.07) is 7.35. The van der Waals surface area contributed by atoms with Gasteiger partial charge in [0.1, 0.15) is 11.5 Å². The molecule has 1 N–H and O–H groups in total. The van der Waals surface area contributed by atoms with E-state index in [1.54, 1.807) is 32.7 Å². The zero-order valence-electron chi connectivity index (χ0n) is 14.6. The SMILES string of the molecule is COc1ccc(Nc2cncc(C(=O)N3CCCCC3)c2)c(OC)c1. The third kappa shape index (κ3) is 4.02. The summed E-state index contributed by atoms with van der Waals surface area (Å²) in [6.45, 7) is 1.64. The Balaban J connectivity index is 1.79. The van der Waals surface area contributed by atoms with Crippen molar-refractivity contribution in [3.8, 4) is 11.5 Å². The van der Waals surface area contributed by atoms with Crippen LogP contribution in [0.2, 0.25) is 0 Å². The van der Waals surface area contributed by atoms with E-state index in [0.29, 0.717) is 11.3 Å². The second kappa shape index (κ2) is 7.88. The van der Waals surface area contributed by atoms with Gasteiger partial charge in [0.2, 0.25) is 0 Å².